The SMILES string of the molecule is CC(C)(C)OCCC(NC(=O)c1ccc(F)c(NS(C)(=O)=O)c1)C(=O)O. The van der Waals surface area contributed by atoms with Gasteiger partial charge in [-0.1, -0.05) is 0 Å². The number of amides is 1. The van der Waals surface area contributed by atoms with Gasteiger partial charge in [0.15, 0.2) is 0 Å². The fraction of sp³-hybridized carbons (Fsp3) is 0.500. The van der Waals surface area contributed by atoms with E-state index < -0.39 is 45.0 Å². The van der Waals surface area contributed by atoms with Crippen LogP contribution >= 0.6 is 0 Å². The first-order chi connectivity index (χ1) is 11.8. The second kappa shape index (κ2) is 8.45. The van der Waals surface area contributed by atoms with Crippen molar-refractivity contribution in [2.24, 2.45) is 0 Å². The predicted octanol–water partition coefficient (Wildman–Crippen LogP) is 1.59. The molecule has 0 spiro atoms. The summed E-state index contributed by atoms with van der Waals surface area (Å²) in [5.41, 5.74) is -0.931. The Kier molecular flexibility index (Phi) is 7.10. The largest absolute Gasteiger partial charge is 0.480 e. The zero-order valence-corrected chi connectivity index (χ0v) is 15.8. The molecule has 0 aliphatic heterocycles. The predicted molar refractivity (Wildman–Crippen MR) is 94.1 cm³/mol. The molecule has 0 aromatic heterocycles. The molecule has 8 nitrogen and oxygen atoms in total. The van der Waals surface area contributed by atoms with Crippen LogP contribution < -0.4 is 10.0 Å². The number of sulfonamides is 1. The van der Waals surface area contributed by atoms with Crippen molar-refractivity contribution < 1.29 is 32.2 Å². The van der Waals surface area contributed by atoms with E-state index in [0.29, 0.717) is 0 Å². The number of anilines is 1. The normalized spacial score (nSPS) is 13.1. The Morgan fingerprint density at radius 3 is 2.42 bits per heavy atom. The number of carboxylic acid groups (broad SMARTS) is 1. The van der Waals surface area contributed by atoms with Gasteiger partial charge in [0.1, 0.15) is 11.9 Å². The molecule has 0 heterocycles. The Morgan fingerprint density at radius 1 is 1.31 bits per heavy atom. The van der Waals surface area contributed by atoms with E-state index in [1.165, 1.54) is 0 Å². The number of ether oxygens (including phenoxy) is 1. The standard InChI is InChI=1S/C16H23FN2O6S/c1-16(2,3)25-8-7-12(15(21)22)18-14(20)10-5-6-11(17)13(9-10)19-26(4,23)24/h5-6,9,12,19H,7-8H2,1-4H3,(H,18,20)(H,21,22). The van der Waals surface area contributed by atoms with E-state index in [-0.39, 0.29) is 18.6 Å². The smallest absolute Gasteiger partial charge is 0.326 e. The van der Waals surface area contributed by atoms with Crippen LogP contribution in [-0.4, -0.2) is 49.9 Å². The first-order valence-corrected chi connectivity index (χ1v) is 9.62. The summed E-state index contributed by atoms with van der Waals surface area (Å²) in [4.78, 5) is 23.5. The van der Waals surface area contributed by atoms with Gasteiger partial charge in [-0.05, 0) is 39.0 Å². The summed E-state index contributed by atoms with van der Waals surface area (Å²) < 4.78 is 43.5. The second-order valence-corrected chi connectivity index (χ2v) is 8.43. The maximum Gasteiger partial charge on any atom is 0.326 e. The molecule has 0 bridgehead atoms. The Morgan fingerprint density at radius 2 is 1.92 bits per heavy atom. The number of rotatable bonds is 8. The Bertz CT molecular complexity index is 773. The topological polar surface area (TPSA) is 122 Å². The van der Waals surface area contributed by atoms with E-state index in [1.807, 2.05) is 25.5 Å². The highest BCUT2D eigenvalue weighted by atomic mass is 32.2. The lowest BCUT2D eigenvalue weighted by Gasteiger charge is -2.21. The van der Waals surface area contributed by atoms with Crippen molar-refractivity contribution in [1.82, 2.24) is 5.32 Å². The molecule has 0 saturated carbocycles. The molecule has 0 aliphatic rings. The summed E-state index contributed by atoms with van der Waals surface area (Å²) in [6.45, 7) is 5.56. The van der Waals surface area contributed by atoms with Crippen molar-refractivity contribution in [3.8, 4) is 0 Å². The van der Waals surface area contributed by atoms with Crippen molar-refractivity contribution in [1.29, 1.82) is 0 Å². The average Bonchev–Trinajstić information content (AvgIpc) is 2.45. The molecule has 0 aliphatic carbocycles. The summed E-state index contributed by atoms with van der Waals surface area (Å²) in [6, 6.07) is 1.83. The lowest BCUT2D eigenvalue weighted by atomic mass is 10.1. The third kappa shape index (κ3) is 7.79. The van der Waals surface area contributed by atoms with E-state index in [4.69, 9.17) is 4.74 Å². The summed E-state index contributed by atoms with van der Waals surface area (Å²) in [7, 11) is -3.74. The summed E-state index contributed by atoms with van der Waals surface area (Å²) >= 11 is 0. The second-order valence-electron chi connectivity index (χ2n) is 6.68. The third-order valence-electron chi connectivity index (χ3n) is 3.07. The molecule has 1 unspecified atom stereocenters. The van der Waals surface area contributed by atoms with Crippen LogP contribution in [0.3, 0.4) is 0 Å². The van der Waals surface area contributed by atoms with Gasteiger partial charge in [0.25, 0.3) is 5.91 Å². The van der Waals surface area contributed by atoms with Gasteiger partial charge >= 0.3 is 5.97 Å². The first-order valence-electron chi connectivity index (χ1n) is 7.73. The number of carboxylic acids is 1. The van der Waals surface area contributed by atoms with E-state index >= 15 is 0 Å². The number of halogens is 1. The quantitative estimate of drug-likeness (QED) is 0.620. The fourth-order valence-electron chi connectivity index (χ4n) is 1.93. The lowest BCUT2D eigenvalue weighted by molar-refractivity contribution is -0.140. The highest BCUT2D eigenvalue weighted by Crippen LogP contribution is 2.17. The molecule has 146 valence electrons. The molecule has 1 amide bonds. The van der Waals surface area contributed by atoms with E-state index in [9.17, 15) is 27.5 Å². The van der Waals surface area contributed by atoms with Crippen LogP contribution in [0.1, 0.15) is 37.6 Å². The zero-order chi connectivity index (χ0) is 20.1. The summed E-state index contributed by atoms with van der Waals surface area (Å²) in [5, 5.41) is 11.5. The maximum atomic E-state index is 13.7. The van der Waals surface area contributed by atoms with Gasteiger partial charge in [-0.3, -0.25) is 9.52 Å². The van der Waals surface area contributed by atoms with Crippen LogP contribution in [0.5, 0.6) is 0 Å². The van der Waals surface area contributed by atoms with Crippen molar-refractivity contribution in [3.05, 3.63) is 29.6 Å². The lowest BCUT2D eigenvalue weighted by Crippen LogP contribution is -2.42. The number of benzene rings is 1. The van der Waals surface area contributed by atoms with Gasteiger partial charge < -0.3 is 15.2 Å². The van der Waals surface area contributed by atoms with Crippen LogP contribution in [0.15, 0.2) is 18.2 Å². The van der Waals surface area contributed by atoms with Crippen LogP contribution in [-0.2, 0) is 19.6 Å². The molecule has 0 saturated heterocycles. The number of hydrogen-bond donors (Lipinski definition) is 3. The Balaban J connectivity index is 2.86. The van der Waals surface area contributed by atoms with Crippen LogP contribution in [0, 0.1) is 5.82 Å². The number of aliphatic carboxylic acids is 1. The van der Waals surface area contributed by atoms with Gasteiger partial charge in [0.05, 0.1) is 17.5 Å². The van der Waals surface area contributed by atoms with Crippen molar-refractivity contribution in [2.45, 2.75) is 38.8 Å². The van der Waals surface area contributed by atoms with Crippen molar-refractivity contribution in [3.63, 3.8) is 0 Å². The average molecular weight is 390 g/mol. The van der Waals surface area contributed by atoms with Crippen LogP contribution in [0.25, 0.3) is 0 Å². The fourth-order valence-corrected chi connectivity index (χ4v) is 2.48. The minimum atomic E-state index is -3.74. The zero-order valence-electron chi connectivity index (χ0n) is 15.0. The number of hydrogen-bond acceptors (Lipinski definition) is 5. The van der Waals surface area contributed by atoms with Gasteiger partial charge in [0, 0.05) is 18.6 Å². The Labute approximate surface area is 151 Å². The first kappa shape index (κ1) is 21.8. The number of nitrogens with one attached hydrogen (secondary N) is 2. The van der Waals surface area contributed by atoms with Crippen molar-refractivity contribution in [2.75, 3.05) is 17.6 Å². The molecule has 1 rings (SSSR count). The molecule has 26 heavy (non-hydrogen) atoms. The third-order valence-corrected chi connectivity index (χ3v) is 3.66. The number of carbonyl (C=O) groups is 2. The molecule has 3 N–H and O–H groups in total. The minimum absolute atomic E-state index is 0.0357. The summed E-state index contributed by atoms with van der Waals surface area (Å²) in [5.74, 6) is -2.88. The molecule has 1 aromatic carbocycles. The molecular weight excluding hydrogens is 367 g/mol. The minimum Gasteiger partial charge on any atom is -0.480 e. The molecule has 1 aromatic rings. The van der Waals surface area contributed by atoms with Gasteiger partial charge in [-0.25, -0.2) is 17.6 Å². The molecule has 1 atom stereocenters. The number of carbonyl (C=O) groups excluding carboxylic acids is 1. The van der Waals surface area contributed by atoms with Gasteiger partial charge in [0.2, 0.25) is 10.0 Å². The van der Waals surface area contributed by atoms with Gasteiger partial charge in [-0.15, -0.1) is 0 Å². The van der Waals surface area contributed by atoms with E-state index in [1.54, 1.807) is 0 Å². The monoisotopic (exact) mass is 390 g/mol. The van der Waals surface area contributed by atoms with Crippen LogP contribution in [0.2, 0.25) is 0 Å². The highest BCUT2D eigenvalue weighted by Gasteiger charge is 2.22. The van der Waals surface area contributed by atoms with Gasteiger partial charge in [-0.2, -0.15) is 0 Å². The molecule has 10 heteroatoms. The van der Waals surface area contributed by atoms with Crippen LogP contribution in [0.4, 0.5) is 10.1 Å². The summed E-state index contributed by atoms with van der Waals surface area (Å²) in [6.07, 6.45) is 0.878. The molecule has 0 radical (unpaired) electrons. The molecule has 0 fully saturated rings. The molecular formula is C16H23FN2O6S. The Hall–Kier alpha value is -2.20. The highest BCUT2D eigenvalue weighted by molar-refractivity contribution is 7.92. The van der Waals surface area contributed by atoms with E-state index in [2.05, 4.69) is 5.32 Å². The maximum absolute atomic E-state index is 13.7. The van der Waals surface area contributed by atoms with Crippen molar-refractivity contribution >= 4 is 27.6 Å². The van der Waals surface area contributed by atoms with E-state index in [0.717, 1.165) is 24.5 Å².